The number of piperazine rings is 1. The number of likely N-dealkylation sites (N-methyl/N-ethyl adjacent to an activating group) is 1. The molecule has 8 atom stereocenters. The highest BCUT2D eigenvalue weighted by molar-refractivity contribution is 5.92. The molecule has 216 valence electrons. The van der Waals surface area contributed by atoms with Crippen LogP contribution in [0.2, 0.25) is 0 Å². The molecule has 0 radical (unpaired) electrons. The first kappa shape index (κ1) is 29.6. The lowest BCUT2D eigenvalue weighted by atomic mass is 9.40. The van der Waals surface area contributed by atoms with E-state index in [0.717, 1.165) is 32.7 Å². The van der Waals surface area contributed by atoms with E-state index in [9.17, 15) is 24.9 Å². The molecule has 0 aromatic rings. The minimum absolute atomic E-state index is 0.139. The molecule has 0 bridgehead atoms. The van der Waals surface area contributed by atoms with Gasteiger partial charge in [-0.3, -0.25) is 9.59 Å². The van der Waals surface area contributed by atoms with E-state index in [1.165, 1.54) is 13.0 Å². The van der Waals surface area contributed by atoms with Crippen LogP contribution in [0.5, 0.6) is 0 Å². The predicted octanol–water partition coefficient (Wildman–Crippen LogP) is 1.53. The summed E-state index contributed by atoms with van der Waals surface area (Å²) < 4.78 is 12.4. The molecule has 38 heavy (non-hydrogen) atoms. The minimum atomic E-state index is -2.20. The number of ether oxygens (including phenoxy) is 2. The standard InChI is InChI=1S/C29H48N2O7/c1-8-26(4)18-20(33)29(36)27(5)19(32)11-12-25(2,3)23(27)22(35)24(28(29,6)38-26)37-21(34)10-9-13-31-16-14-30(7)15-17-31/h8,19,22-24,32,35-36H,1,9-18H2,2-7H3/t19-,22-,23-,24-,26+,27-,28+,29-/m1/s1. The van der Waals surface area contributed by atoms with Crippen molar-refractivity contribution in [1.29, 1.82) is 0 Å². The average Bonchev–Trinajstić information content (AvgIpc) is 2.83. The zero-order valence-electron chi connectivity index (χ0n) is 24.0. The topological polar surface area (TPSA) is 120 Å². The second-order valence-corrected chi connectivity index (χ2v) is 13.5. The van der Waals surface area contributed by atoms with Crippen LogP contribution in [0.1, 0.15) is 66.7 Å². The summed E-state index contributed by atoms with van der Waals surface area (Å²) in [7, 11) is 2.10. The Kier molecular flexibility index (Phi) is 7.74. The van der Waals surface area contributed by atoms with Crippen LogP contribution >= 0.6 is 0 Å². The van der Waals surface area contributed by atoms with Crippen molar-refractivity contribution < 1.29 is 34.4 Å². The Balaban J connectivity index is 1.65. The summed E-state index contributed by atoms with van der Waals surface area (Å²) in [4.78, 5) is 31.7. The number of carbonyl (C=O) groups is 2. The van der Waals surface area contributed by atoms with Crippen molar-refractivity contribution in [3.05, 3.63) is 12.7 Å². The molecule has 4 aliphatic rings. The Bertz CT molecular complexity index is 949. The number of rotatable bonds is 6. The number of aliphatic hydroxyl groups is 3. The molecule has 0 aromatic heterocycles. The SMILES string of the molecule is C=C[C@@]1(C)CC(=O)[C@@]2(O)[C@]3(C)[C@H](O)CCC(C)(C)[C@H]3[C@@H](O)[C@@H](OC(=O)CCCN3CCN(C)CC3)[C@]2(C)O1. The maximum Gasteiger partial charge on any atom is 0.306 e. The van der Waals surface area contributed by atoms with E-state index >= 15 is 0 Å². The molecule has 9 nitrogen and oxygen atoms in total. The molecule has 2 aliphatic carbocycles. The van der Waals surface area contributed by atoms with E-state index in [1.54, 1.807) is 13.8 Å². The van der Waals surface area contributed by atoms with Gasteiger partial charge in [-0.25, -0.2) is 0 Å². The fraction of sp³-hybridized carbons (Fsp3) is 0.862. The number of carbonyl (C=O) groups excluding carboxylic acids is 2. The number of esters is 1. The van der Waals surface area contributed by atoms with E-state index in [-0.39, 0.29) is 12.8 Å². The van der Waals surface area contributed by atoms with E-state index in [2.05, 4.69) is 23.4 Å². The van der Waals surface area contributed by atoms with Gasteiger partial charge in [0.2, 0.25) is 0 Å². The van der Waals surface area contributed by atoms with Gasteiger partial charge < -0.3 is 34.6 Å². The van der Waals surface area contributed by atoms with Gasteiger partial charge in [-0.2, -0.15) is 0 Å². The highest BCUT2D eigenvalue weighted by atomic mass is 16.6. The number of fused-ring (bicyclic) bond motifs is 3. The second-order valence-electron chi connectivity index (χ2n) is 13.5. The predicted molar refractivity (Wildman–Crippen MR) is 142 cm³/mol. The van der Waals surface area contributed by atoms with Gasteiger partial charge in [0.1, 0.15) is 5.60 Å². The van der Waals surface area contributed by atoms with Crippen molar-refractivity contribution in [2.45, 2.75) is 102 Å². The van der Waals surface area contributed by atoms with Crippen molar-refractivity contribution in [3.8, 4) is 0 Å². The van der Waals surface area contributed by atoms with Crippen LogP contribution in [-0.4, -0.2) is 112 Å². The van der Waals surface area contributed by atoms with Crippen LogP contribution in [0, 0.1) is 16.7 Å². The van der Waals surface area contributed by atoms with Crippen molar-refractivity contribution in [2.24, 2.45) is 16.7 Å². The third kappa shape index (κ3) is 4.38. The lowest BCUT2D eigenvalue weighted by Crippen LogP contribution is -2.86. The molecule has 4 rings (SSSR count). The fourth-order valence-corrected chi connectivity index (χ4v) is 8.20. The van der Waals surface area contributed by atoms with E-state index < -0.39 is 63.6 Å². The molecule has 2 saturated heterocycles. The van der Waals surface area contributed by atoms with Crippen LogP contribution in [0.4, 0.5) is 0 Å². The third-order valence-electron chi connectivity index (χ3n) is 10.4. The number of nitrogens with zero attached hydrogens (tertiary/aromatic N) is 2. The number of hydrogen-bond donors (Lipinski definition) is 3. The zero-order chi connectivity index (χ0) is 28.3. The third-order valence-corrected chi connectivity index (χ3v) is 10.4. The lowest BCUT2D eigenvalue weighted by Gasteiger charge is -2.71. The lowest BCUT2D eigenvalue weighted by molar-refractivity contribution is -0.370. The van der Waals surface area contributed by atoms with Gasteiger partial charge in [0.15, 0.2) is 17.5 Å². The molecule has 2 saturated carbocycles. The molecule has 9 heteroatoms. The Morgan fingerprint density at radius 3 is 2.39 bits per heavy atom. The molecular formula is C29H48N2O7. The first-order valence-electron chi connectivity index (χ1n) is 14.1. The molecule has 0 spiro atoms. The van der Waals surface area contributed by atoms with Crippen molar-refractivity contribution >= 4 is 11.8 Å². The maximum absolute atomic E-state index is 13.9. The average molecular weight is 537 g/mol. The summed E-state index contributed by atoms with van der Waals surface area (Å²) >= 11 is 0. The summed E-state index contributed by atoms with van der Waals surface area (Å²) in [6, 6.07) is 0. The van der Waals surface area contributed by atoms with Gasteiger partial charge in [0, 0.05) is 50.4 Å². The normalized spacial score (nSPS) is 45.7. The van der Waals surface area contributed by atoms with E-state index in [0.29, 0.717) is 19.3 Å². The summed E-state index contributed by atoms with van der Waals surface area (Å²) in [5.41, 5.74) is -7.11. The summed E-state index contributed by atoms with van der Waals surface area (Å²) in [6.07, 6.45) is -0.567. The molecule has 0 aromatic carbocycles. The first-order valence-corrected chi connectivity index (χ1v) is 14.1. The van der Waals surface area contributed by atoms with Crippen molar-refractivity contribution in [3.63, 3.8) is 0 Å². The largest absolute Gasteiger partial charge is 0.456 e. The Labute approximate surface area is 227 Å². The van der Waals surface area contributed by atoms with Gasteiger partial charge in [-0.15, -0.1) is 6.58 Å². The number of aliphatic hydroxyl groups excluding tert-OH is 2. The van der Waals surface area contributed by atoms with E-state index in [4.69, 9.17) is 9.47 Å². The van der Waals surface area contributed by atoms with Gasteiger partial charge in [-0.05, 0) is 52.1 Å². The Hall–Kier alpha value is -1.36. The van der Waals surface area contributed by atoms with Crippen LogP contribution in [-0.2, 0) is 19.1 Å². The van der Waals surface area contributed by atoms with Crippen LogP contribution in [0.3, 0.4) is 0 Å². The van der Waals surface area contributed by atoms with Crippen LogP contribution < -0.4 is 0 Å². The molecule has 2 heterocycles. The van der Waals surface area contributed by atoms with E-state index in [1.807, 2.05) is 13.8 Å². The second kappa shape index (κ2) is 9.93. The first-order chi connectivity index (χ1) is 17.6. The molecular weight excluding hydrogens is 488 g/mol. The Morgan fingerprint density at radius 1 is 1.16 bits per heavy atom. The monoisotopic (exact) mass is 536 g/mol. The molecule has 4 fully saturated rings. The summed E-state index contributed by atoms with van der Waals surface area (Å²) in [5.74, 6) is -1.73. The molecule has 0 unspecified atom stereocenters. The fourth-order valence-electron chi connectivity index (χ4n) is 8.20. The summed E-state index contributed by atoms with van der Waals surface area (Å²) in [5, 5.41) is 35.7. The summed E-state index contributed by atoms with van der Waals surface area (Å²) in [6.45, 7) is 17.3. The van der Waals surface area contributed by atoms with Gasteiger partial charge in [0.05, 0.1) is 17.8 Å². The number of ketones is 1. The highest BCUT2D eigenvalue weighted by Crippen LogP contribution is 2.67. The van der Waals surface area contributed by atoms with Crippen LogP contribution in [0.15, 0.2) is 12.7 Å². The zero-order valence-corrected chi connectivity index (χ0v) is 24.0. The smallest absolute Gasteiger partial charge is 0.306 e. The molecule has 3 N–H and O–H groups in total. The highest BCUT2D eigenvalue weighted by Gasteiger charge is 2.81. The number of hydrogen-bond acceptors (Lipinski definition) is 9. The van der Waals surface area contributed by atoms with Crippen molar-refractivity contribution in [1.82, 2.24) is 9.80 Å². The minimum Gasteiger partial charge on any atom is -0.456 e. The quantitative estimate of drug-likeness (QED) is 0.343. The maximum atomic E-state index is 13.9. The van der Waals surface area contributed by atoms with Gasteiger partial charge in [0.25, 0.3) is 0 Å². The van der Waals surface area contributed by atoms with Crippen LogP contribution in [0.25, 0.3) is 0 Å². The van der Waals surface area contributed by atoms with Gasteiger partial charge in [-0.1, -0.05) is 26.8 Å². The number of Topliss-reactive ketones (excluding diaryl/α,β-unsaturated/α-hetero) is 1. The van der Waals surface area contributed by atoms with Gasteiger partial charge >= 0.3 is 5.97 Å². The Morgan fingerprint density at radius 2 is 1.79 bits per heavy atom. The van der Waals surface area contributed by atoms with Crippen molar-refractivity contribution in [2.75, 3.05) is 39.8 Å². The molecule has 0 amide bonds. The molecule has 2 aliphatic heterocycles.